The van der Waals surface area contributed by atoms with Crippen molar-refractivity contribution in [2.24, 2.45) is 5.92 Å². The lowest BCUT2D eigenvalue weighted by molar-refractivity contribution is -0.143. The van der Waals surface area contributed by atoms with E-state index in [9.17, 15) is 23.1 Å². The van der Waals surface area contributed by atoms with Gasteiger partial charge in [-0.2, -0.15) is 13.2 Å². The summed E-state index contributed by atoms with van der Waals surface area (Å²) in [6.07, 6.45) is -1.43. The number of carbonyl (C=O) groups is 1. The number of imidazole rings is 1. The van der Waals surface area contributed by atoms with E-state index in [1.807, 2.05) is 59.2 Å². The van der Waals surface area contributed by atoms with Crippen LogP contribution in [0.1, 0.15) is 54.2 Å². The van der Waals surface area contributed by atoms with E-state index in [2.05, 4.69) is 4.98 Å². The summed E-state index contributed by atoms with van der Waals surface area (Å²) >= 11 is 0. The number of hydrogen-bond acceptors (Lipinski definition) is 4. The topological polar surface area (TPSA) is 77.2 Å². The van der Waals surface area contributed by atoms with E-state index in [1.165, 1.54) is 12.1 Å². The highest BCUT2D eigenvalue weighted by atomic mass is 19.4. The molecule has 1 saturated carbocycles. The van der Waals surface area contributed by atoms with Crippen LogP contribution < -0.4 is 4.74 Å². The Balaban J connectivity index is 1.33. The lowest BCUT2D eigenvalue weighted by Crippen LogP contribution is -2.27. The van der Waals surface area contributed by atoms with E-state index >= 15 is 0 Å². The van der Waals surface area contributed by atoms with Gasteiger partial charge in [-0.15, -0.1) is 0 Å². The molecule has 6 rings (SSSR count). The number of fused-ring (bicyclic) bond motifs is 2. The molecule has 1 aliphatic rings. The number of ether oxygens (including phenoxy) is 1. The zero-order valence-corrected chi connectivity index (χ0v) is 22.1. The van der Waals surface area contributed by atoms with E-state index < -0.39 is 23.6 Å². The summed E-state index contributed by atoms with van der Waals surface area (Å²) in [6.45, 7) is 0.535. The largest absolute Gasteiger partial charge is 0.487 e. The Bertz CT molecular complexity index is 1710. The predicted octanol–water partition coefficient (Wildman–Crippen LogP) is 7.59. The zero-order valence-electron chi connectivity index (χ0n) is 22.1. The Hall–Kier alpha value is -4.40. The van der Waals surface area contributed by atoms with Crippen molar-refractivity contribution in [2.75, 3.05) is 0 Å². The van der Waals surface area contributed by atoms with Crippen LogP contribution in [0.15, 0.2) is 78.9 Å². The molecule has 210 valence electrons. The second kappa shape index (κ2) is 10.9. The monoisotopic (exact) mass is 559 g/mol. The van der Waals surface area contributed by atoms with E-state index in [-0.39, 0.29) is 19.1 Å². The molecule has 0 bridgehead atoms. The number of para-hydroxylation sites is 1. The summed E-state index contributed by atoms with van der Waals surface area (Å²) in [7, 11) is 0. The Morgan fingerprint density at radius 2 is 1.71 bits per heavy atom. The van der Waals surface area contributed by atoms with Crippen LogP contribution in [0.4, 0.5) is 13.2 Å². The van der Waals surface area contributed by atoms with E-state index in [0.717, 1.165) is 47.1 Å². The van der Waals surface area contributed by atoms with Crippen molar-refractivity contribution in [1.29, 1.82) is 0 Å². The Morgan fingerprint density at radius 1 is 0.927 bits per heavy atom. The van der Waals surface area contributed by atoms with Crippen molar-refractivity contribution in [3.05, 3.63) is 102 Å². The van der Waals surface area contributed by atoms with Crippen molar-refractivity contribution in [2.45, 2.75) is 50.9 Å². The molecule has 5 aromatic rings. The van der Waals surface area contributed by atoms with Crippen molar-refractivity contribution < 1.29 is 27.8 Å². The van der Waals surface area contributed by atoms with Gasteiger partial charge in [-0.25, -0.2) is 9.97 Å². The molecular formula is C32H28F3N3O3. The first-order valence-electron chi connectivity index (χ1n) is 13.6. The standard InChI is InChI=1S/C32H28F3N3O3/c33-32(34,35)22-12-9-20(10-13-22)18-38-29-16-15-24(41-19-23-14-11-21-5-1-4-8-27(21)36-23)17-28(29)37-30(38)25-6-2-3-7-26(25)31(39)40/h1,4-5,8-17,25-26H,2-3,6-7,18-19H2,(H,39,40)/t25-,26+/m0/s1. The van der Waals surface area contributed by atoms with Gasteiger partial charge >= 0.3 is 12.1 Å². The minimum Gasteiger partial charge on any atom is -0.487 e. The van der Waals surface area contributed by atoms with Gasteiger partial charge in [0.25, 0.3) is 0 Å². The Kier molecular flexibility index (Phi) is 7.11. The van der Waals surface area contributed by atoms with Gasteiger partial charge in [0.15, 0.2) is 0 Å². The van der Waals surface area contributed by atoms with Gasteiger partial charge in [-0.05, 0) is 54.8 Å². The number of halogens is 3. The average Bonchev–Trinajstić information content (AvgIpc) is 3.33. The molecule has 41 heavy (non-hydrogen) atoms. The molecule has 0 unspecified atom stereocenters. The first kappa shape index (κ1) is 26.8. The molecule has 9 heteroatoms. The van der Waals surface area contributed by atoms with E-state index in [4.69, 9.17) is 9.72 Å². The van der Waals surface area contributed by atoms with Gasteiger partial charge in [0, 0.05) is 23.9 Å². The van der Waals surface area contributed by atoms with Crippen LogP contribution in [0.5, 0.6) is 5.75 Å². The molecule has 0 aliphatic heterocycles. The predicted molar refractivity (Wildman–Crippen MR) is 149 cm³/mol. The fraction of sp³-hybridized carbons (Fsp3) is 0.281. The smallest absolute Gasteiger partial charge is 0.416 e. The van der Waals surface area contributed by atoms with Crippen LogP contribution in [-0.2, 0) is 24.1 Å². The third-order valence-corrected chi connectivity index (χ3v) is 7.83. The number of carboxylic acid groups (broad SMARTS) is 1. The first-order chi connectivity index (χ1) is 19.8. The van der Waals surface area contributed by atoms with Gasteiger partial charge in [0.1, 0.15) is 18.2 Å². The number of pyridine rings is 1. The molecule has 1 fully saturated rings. The highest BCUT2D eigenvalue weighted by Gasteiger charge is 2.35. The number of carboxylic acids is 1. The summed E-state index contributed by atoms with van der Waals surface area (Å²) in [6, 6.07) is 22.4. The van der Waals surface area contributed by atoms with Crippen LogP contribution in [0.25, 0.3) is 21.9 Å². The molecule has 1 aliphatic carbocycles. The van der Waals surface area contributed by atoms with E-state index in [0.29, 0.717) is 35.5 Å². The fourth-order valence-electron chi connectivity index (χ4n) is 5.73. The minimum absolute atomic E-state index is 0.263. The van der Waals surface area contributed by atoms with Crippen LogP contribution in [-0.4, -0.2) is 25.6 Å². The third-order valence-electron chi connectivity index (χ3n) is 7.83. The van der Waals surface area contributed by atoms with Crippen LogP contribution in [0, 0.1) is 5.92 Å². The van der Waals surface area contributed by atoms with Crippen LogP contribution >= 0.6 is 0 Å². The maximum atomic E-state index is 13.1. The van der Waals surface area contributed by atoms with Gasteiger partial charge in [-0.1, -0.05) is 49.2 Å². The summed E-state index contributed by atoms with van der Waals surface area (Å²) in [4.78, 5) is 21.7. The van der Waals surface area contributed by atoms with Crippen molar-refractivity contribution >= 4 is 27.9 Å². The molecular weight excluding hydrogens is 531 g/mol. The molecule has 0 spiro atoms. The molecule has 2 atom stereocenters. The highest BCUT2D eigenvalue weighted by molar-refractivity contribution is 5.79. The first-order valence-corrected chi connectivity index (χ1v) is 13.6. The molecule has 2 heterocycles. The Morgan fingerprint density at radius 3 is 2.49 bits per heavy atom. The van der Waals surface area contributed by atoms with Crippen molar-refractivity contribution in [3.8, 4) is 5.75 Å². The summed E-state index contributed by atoms with van der Waals surface area (Å²) in [5.74, 6) is -0.484. The normalized spacial score (nSPS) is 17.6. The number of alkyl halides is 3. The number of rotatable bonds is 7. The van der Waals surface area contributed by atoms with Crippen LogP contribution in [0.2, 0.25) is 0 Å². The molecule has 1 N–H and O–H groups in total. The highest BCUT2D eigenvalue weighted by Crippen LogP contribution is 2.39. The SMILES string of the molecule is O=C(O)[C@@H]1CCCC[C@@H]1c1nc2cc(OCc3ccc4ccccc4n3)ccc2n1Cc1ccc(C(F)(F)F)cc1. The van der Waals surface area contributed by atoms with Gasteiger partial charge < -0.3 is 14.4 Å². The maximum Gasteiger partial charge on any atom is 0.416 e. The molecule has 0 amide bonds. The number of benzene rings is 3. The maximum absolute atomic E-state index is 13.1. The van der Waals surface area contributed by atoms with E-state index in [1.54, 1.807) is 0 Å². The Labute approximate surface area is 234 Å². The quantitative estimate of drug-likeness (QED) is 0.222. The zero-order chi connectivity index (χ0) is 28.6. The van der Waals surface area contributed by atoms with Crippen molar-refractivity contribution in [3.63, 3.8) is 0 Å². The third kappa shape index (κ3) is 5.62. The molecule has 6 nitrogen and oxygen atoms in total. The second-order valence-corrected chi connectivity index (χ2v) is 10.5. The lowest BCUT2D eigenvalue weighted by Gasteiger charge is -2.28. The second-order valence-electron chi connectivity index (χ2n) is 10.5. The number of aromatic nitrogens is 3. The summed E-state index contributed by atoms with van der Waals surface area (Å²) in [5, 5.41) is 11.0. The number of nitrogens with zero attached hydrogens (tertiary/aromatic N) is 3. The lowest BCUT2D eigenvalue weighted by atomic mass is 9.78. The van der Waals surface area contributed by atoms with Gasteiger partial charge in [0.05, 0.1) is 33.7 Å². The molecule has 0 saturated heterocycles. The molecule has 2 aromatic heterocycles. The number of hydrogen-bond donors (Lipinski definition) is 1. The molecule has 0 radical (unpaired) electrons. The van der Waals surface area contributed by atoms with Gasteiger partial charge in [-0.3, -0.25) is 4.79 Å². The fourth-order valence-corrected chi connectivity index (χ4v) is 5.73. The van der Waals surface area contributed by atoms with Crippen LogP contribution in [0.3, 0.4) is 0 Å². The summed E-state index contributed by atoms with van der Waals surface area (Å²) in [5.41, 5.74) is 3.04. The van der Waals surface area contributed by atoms with Gasteiger partial charge in [0.2, 0.25) is 0 Å². The minimum atomic E-state index is -4.42. The number of aliphatic carboxylic acids is 1. The molecule has 3 aromatic carbocycles. The average molecular weight is 560 g/mol. The summed E-state index contributed by atoms with van der Waals surface area (Å²) < 4.78 is 47.4. The van der Waals surface area contributed by atoms with Crippen molar-refractivity contribution in [1.82, 2.24) is 14.5 Å².